The summed E-state index contributed by atoms with van der Waals surface area (Å²) in [6.45, 7) is 1.68. The van der Waals surface area contributed by atoms with Gasteiger partial charge in [-0.15, -0.1) is 0 Å². The van der Waals surface area contributed by atoms with Crippen LogP contribution in [-0.4, -0.2) is 55.8 Å². The van der Waals surface area contributed by atoms with Gasteiger partial charge in [0.05, 0.1) is 26.4 Å². The summed E-state index contributed by atoms with van der Waals surface area (Å²) in [6, 6.07) is 17.9. The molecule has 1 aromatic heterocycles. The molecule has 1 unspecified atom stereocenters. The molecule has 37 heavy (non-hydrogen) atoms. The number of ether oxygens (including phenoxy) is 3. The van der Waals surface area contributed by atoms with Gasteiger partial charge in [-0.1, -0.05) is 42.5 Å². The average molecular weight is 506 g/mol. The molecule has 1 atom stereocenters. The van der Waals surface area contributed by atoms with E-state index in [0.29, 0.717) is 43.9 Å². The topological polar surface area (TPSA) is 120 Å². The number of amides is 2. The van der Waals surface area contributed by atoms with Crippen LogP contribution in [0.25, 0.3) is 0 Å². The summed E-state index contributed by atoms with van der Waals surface area (Å²) >= 11 is 0. The number of methoxy groups -OCH3 is 1. The number of nitrogens with zero attached hydrogens (tertiary/aromatic N) is 4. The maximum Gasteiger partial charge on any atom is 0.404 e. The molecule has 2 aromatic carbocycles. The van der Waals surface area contributed by atoms with Crippen molar-refractivity contribution in [2.24, 2.45) is 5.73 Å². The first kappa shape index (κ1) is 25.9. The molecule has 0 bridgehead atoms. The lowest BCUT2D eigenvalue weighted by Crippen LogP contribution is -2.33. The fourth-order valence-corrected chi connectivity index (χ4v) is 4.21. The maximum atomic E-state index is 13.4. The van der Waals surface area contributed by atoms with Gasteiger partial charge in [0.25, 0.3) is 5.91 Å². The Morgan fingerprint density at radius 1 is 1.14 bits per heavy atom. The second-order valence-electron chi connectivity index (χ2n) is 8.66. The van der Waals surface area contributed by atoms with E-state index < -0.39 is 6.09 Å². The summed E-state index contributed by atoms with van der Waals surface area (Å²) in [7, 11) is 3.39. The van der Waals surface area contributed by atoms with Crippen molar-refractivity contribution in [2.45, 2.75) is 25.6 Å². The molecule has 2 N–H and O–H groups in total. The van der Waals surface area contributed by atoms with E-state index in [0.717, 1.165) is 16.8 Å². The van der Waals surface area contributed by atoms with E-state index in [1.807, 2.05) is 66.5 Å². The molecule has 0 spiro atoms. The summed E-state index contributed by atoms with van der Waals surface area (Å²) in [5.74, 6) is 0.376. The molecule has 10 heteroatoms. The summed E-state index contributed by atoms with van der Waals surface area (Å²) < 4.78 is 16.3. The molecule has 194 valence electrons. The van der Waals surface area contributed by atoms with E-state index >= 15 is 0 Å². The van der Waals surface area contributed by atoms with Gasteiger partial charge < -0.3 is 29.7 Å². The fourth-order valence-electron chi connectivity index (χ4n) is 4.21. The van der Waals surface area contributed by atoms with Crippen molar-refractivity contribution in [3.63, 3.8) is 0 Å². The summed E-state index contributed by atoms with van der Waals surface area (Å²) in [6.07, 6.45) is 1.82. The predicted octanol–water partition coefficient (Wildman–Crippen LogP) is 3.72. The minimum absolute atomic E-state index is 0.170. The number of fused-ring (bicyclic) bond motifs is 1. The number of hydrogen-bond acceptors (Lipinski definition) is 8. The first-order valence-corrected chi connectivity index (χ1v) is 12.1. The number of carbonyl (C=O) groups is 2. The van der Waals surface area contributed by atoms with Crippen molar-refractivity contribution < 1.29 is 23.8 Å². The Labute approximate surface area is 216 Å². The lowest BCUT2D eigenvalue weighted by atomic mass is 10.0. The number of aromatic nitrogens is 2. The van der Waals surface area contributed by atoms with Crippen LogP contribution in [0.2, 0.25) is 0 Å². The van der Waals surface area contributed by atoms with Crippen LogP contribution in [0.5, 0.6) is 6.01 Å². The molecular weight excluding hydrogens is 474 g/mol. The van der Waals surface area contributed by atoms with Crippen LogP contribution in [0, 0.1) is 0 Å². The molecule has 4 rings (SSSR count). The zero-order valence-electron chi connectivity index (χ0n) is 21.0. The largest absolute Gasteiger partial charge is 0.467 e. The van der Waals surface area contributed by atoms with Crippen LogP contribution in [0.4, 0.5) is 16.3 Å². The fraction of sp³-hybridized carbons (Fsp3) is 0.333. The number of hydrogen-bond donors (Lipinski definition) is 1. The number of primary amides is 1. The zero-order chi connectivity index (χ0) is 26.2. The van der Waals surface area contributed by atoms with Gasteiger partial charge in [0, 0.05) is 32.0 Å². The van der Waals surface area contributed by atoms with Crippen molar-refractivity contribution in [3.8, 4) is 6.01 Å². The highest BCUT2D eigenvalue weighted by Crippen LogP contribution is 2.28. The van der Waals surface area contributed by atoms with Crippen molar-refractivity contribution in [3.05, 3.63) is 77.5 Å². The number of anilines is 2. The predicted molar refractivity (Wildman–Crippen MR) is 139 cm³/mol. The molecule has 0 saturated heterocycles. The standard InChI is InChI=1S/C27H31N5O5/c1-31-13-14-32(25(33)22-17-29-27(35-2)30-24(22)31)21-11-6-8-19(16-21)18-37-23(12-7-15-36-26(28)34)20-9-4-3-5-10-20/h3-6,8-11,16-17,23H,7,12-15,18H2,1-2H3,(H2,28,34). The van der Waals surface area contributed by atoms with Crippen molar-refractivity contribution in [1.29, 1.82) is 0 Å². The summed E-state index contributed by atoms with van der Waals surface area (Å²) in [5.41, 5.74) is 8.23. The van der Waals surface area contributed by atoms with E-state index in [1.54, 1.807) is 4.90 Å². The Hall–Kier alpha value is -4.18. The zero-order valence-corrected chi connectivity index (χ0v) is 21.0. The number of rotatable bonds is 10. The van der Waals surface area contributed by atoms with Gasteiger partial charge in [-0.05, 0) is 36.1 Å². The highest BCUT2D eigenvalue weighted by Gasteiger charge is 2.28. The molecular formula is C27H31N5O5. The monoisotopic (exact) mass is 505 g/mol. The second-order valence-corrected chi connectivity index (χ2v) is 8.66. The average Bonchev–Trinajstić information content (AvgIpc) is 3.04. The molecule has 3 aromatic rings. The van der Waals surface area contributed by atoms with Crippen LogP contribution >= 0.6 is 0 Å². The number of benzene rings is 2. The van der Waals surface area contributed by atoms with E-state index in [9.17, 15) is 9.59 Å². The Balaban J connectivity index is 1.48. The third-order valence-electron chi connectivity index (χ3n) is 6.13. The van der Waals surface area contributed by atoms with E-state index in [2.05, 4.69) is 9.97 Å². The molecule has 2 heterocycles. The SMILES string of the molecule is COc1ncc2c(n1)N(C)CCN(c1cccc(COC(CCCOC(N)=O)c3ccccc3)c1)C2=O. The molecule has 1 aliphatic heterocycles. The Kier molecular flexibility index (Phi) is 8.52. The highest BCUT2D eigenvalue weighted by molar-refractivity contribution is 6.09. The van der Waals surface area contributed by atoms with Crippen LogP contribution in [0.15, 0.2) is 60.8 Å². The van der Waals surface area contributed by atoms with E-state index in [4.69, 9.17) is 19.9 Å². The van der Waals surface area contributed by atoms with Crippen molar-refractivity contribution >= 4 is 23.5 Å². The van der Waals surface area contributed by atoms with Gasteiger partial charge in [-0.3, -0.25) is 4.79 Å². The highest BCUT2D eigenvalue weighted by atomic mass is 16.5. The Bertz CT molecular complexity index is 1220. The molecule has 2 amide bonds. The van der Waals surface area contributed by atoms with Crippen LogP contribution in [0.1, 0.15) is 40.4 Å². The van der Waals surface area contributed by atoms with E-state index in [1.165, 1.54) is 13.3 Å². The van der Waals surface area contributed by atoms with Gasteiger partial charge in [-0.2, -0.15) is 4.98 Å². The Morgan fingerprint density at radius 3 is 2.70 bits per heavy atom. The molecule has 1 aliphatic rings. The quantitative estimate of drug-likeness (QED) is 0.414. The summed E-state index contributed by atoms with van der Waals surface area (Å²) in [4.78, 5) is 36.5. The third kappa shape index (κ3) is 6.53. The normalized spacial score (nSPS) is 14.1. The van der Waals surface area contributed by atoms with Gasteiger partial charge in [-0.25, -0.2) is 9.78 Å². The molecule has 0 aliphatic carbocycles. The van der Waals surface area contributed by atoms with Crippen LogP contribution < -0.4 is 20.3 Å². The van der Waals surface area contributed by atoms with Crippen molar-refractivity contribution in [1.82, 2.24) is 9.97 Å². The molecule has 0 fully saturated rings. The maximum absolute atomic E-state index is 13.4. The lowest BCUT2D eigenvalue weighted by molar-refractivity contribution is 0.0287. The van der Waals surface area contributed by atoms with E-state index in [-0.39, 0.29) is 24.6 Å². The first-order chi connectivity index (χ1) is 18.0. The number of carbonyl (C=O) groups excluding carboxylic acids is 2. The van der Waals surface area contributed by atoms with Gasteiger partial charge >= 0.3 is 12.1 Å². The number of nitrogens with two attached hydrogens (primary N) is 1. The second kappa shape index (κ2) is 12.2. The minimum atomic E-state index is -0.781. The molecule has 0 saturated carbocycles. The Morgan fingerprint density at radius 2 is 1.95 bits per heavy atom. The smallest absolute Gasteiger partial charge is 0.404 e. The molecule has 10 nitrogen and oxygen atoms in total. The van der Waals surface area contributed by atoms with Gasteiger partial charge in [0.15, 0.2) is 0 Å². The summed E-state index contributed by atoms with van der Waals surface area (Å²) in [5, 5.41) is 0. The minimum Gasteiger partial charge on any atom is -0.467 e. The lowest BCUT2D eigenvalue weighted by Gasteiger charge is -2.22. The van der Waals surface area contributed by atoms with Gasteiger partial charge in [0.1, 0.15) is 11.4 Å². The van der Waals surface area contributed by atoms with Crippen molar-refractivity contribution in [2.75, 3.05) is 43.7 Å². The third-order valence-corrected chi connectivity index (χ3v) is 6.13. The van der Waals surface area contributed by atoms with Crippen LogP contribution in [0.3, 0.4) is 0 Å². The molecule has 0 radical (unpaired) electrons. The number of likely N-dealkylation sites (N-methyl/N-ethyl adjacent to an activating group) is 1. The first-order valence-electron chi connectivity index (χ1n) is 12.1. The van der Waals surface area contributed by atoms with Gasteiger partial charge in [0.2, 0.25) is 0 Å². The van der Waals surface area contributed by atoms with Crippen LogP contribution in [-0.2, 0) is 16.1 Å².